The summed E-state index contributed by atoms with van der Waals surface area (Å²) in [6, 6.07) is 5.11. The summed E-state index contributed by atoms with van der Waals surface area (Å²) in [6.07, 6.45) is 0.581. The molecule has 1 aliphatic heterocycles. The number of hydrogen-bond acceptors (Lipinski definition) is 5. The van der Waals surface area contributed by atoms with Crippen LogP contribution in [0.5, 0.6) is 0 Å². The van der Waals surface area contributed by atoms with Crippen molar-refractivity contribution in [3.05, 3.63) is 47.4 Å². The van der Waals surface area contributed by atoms with Crippen LogP contribution in [0.4, 0.5) is 4.39 Å². The van der Waals surface area contributed by atoms with Gasteiger partial charge in [-0.2, -0.15) is 4.98 Å². The molecule has 1 aliphatic rings. The molecule has 3 rings (SSSR count). The van der Waals surface area contributed by atoms with Gasteiger partial charge in [0.15, 0.2) is 5.82 Å². The largest absolute Gasteiger partial charge is 0.481 e. The predicted molar refractivity (Wildman–Crippen MR) is 84.0 cm³/mol. The van der Waals surface area contributed by atoms with E-state index >= 15 is 0 Å². The monoisotopic (exact) mass is 347 g/mol. The Balaban J connectivity index is 1.91. The van der Waals surface area contributed by atoms with Crippen molar-refractivity contribution >= 4 is 11.9 Å². The molecule has 0 bridgehead atoms. The number of carbonyl (C=O) groups excluding carboxylic acids is 1. The molecule has 1 N–H and O–H groups in total. The number of aryl methyl sites for hydroxylation is 1. The van der Waals surface area contributed by atoms with Crippen LogP contribution >= 0.6 is 0 Å². The molecule has 1 aromatic heterocycles. The van der Waals surface area contributed by atoms with E-state index in [0.717, 1.165) is 0 Å². The fourth-order valence-electron chi connectivity index (χ4n) is 3.23. The standard InChI is InChI=1S/C17H18FN3O4/c1-10-19-14(25-20-10)8-9-21-15(22)7-6-12(17(23)24)16(21)11-4-2-3-5-13(11)18/h2-5,12,16H,6-9H2,1H3,(H,23,24). The third-order valence-corrected chi connectivity index (χ3v) is 4.38. The fraction of sp³-hybridized carbons (Fsp3) is 0.412. The average Bonchev–Trinajstić information content (AvgIpc) is 2.99. The molecule has 2 aromatic rings. The maximum atomic E-state index is 14.3. The van der Waals surface area contributed by atoms with E-state index in [9.17, 15) is 19.1 Å². The van der Waals surface area contributed by atoms with Gasteiger partial charge in [0.1, 0.15) is 5.82 Å². The van der Waals surface area contributed by atoms with Crippen LogP contribution in [0.15, 0.2) is 28.8 Å². The average molecular weight is 347 g/mol. The van der Waals surface area contributed by atoms with Crippen LogP contribution in [0.3, 0.4) is 0 Å². The molecular weight excluding hydrogens is 329 g/mol. The molecular formula is C17H18FN3O4. The molecule has 8 heteroatoms. The third kappa shape index (κ3) is 3.52. The molecule has 2 unspecified atom stereocenters. The fourth-order valence-corrected chi connectivity index (χ4v) is 3.23. The Morgan fingerprint density at radius 1 is 1.44 bits per heavy atom. The van der Waals surface area contributed by atoms with Crippen LogP contribution in [0.25, 0.3) is 0 Å². The van der Waals surface area contributed by atoms with Crippen LogP contribution in [0, 0.1) is 18.7 Å². The van der Waals surface area contributed by atoms with Crippen molar-refractivity contribution in [2.45, 2.75) is 32.2 Å². The Bertz CT molecular complexity index is 792. The number of halogens is 1. The van der Waals surface area contributed by atoms with Crippen LogP contribution in [-0.2, 0) is 16.0 Å². The third-order valence-electron chi connectivity index (χ3n) is 4.38. The molecule has 2 heterocycles. The first-order valence-corrected chi connectivity index (χ1v) is 8.03. The zero-order valence-corrected chi connectivity index (χ0v) is 13.7. The van der Waals surface area contributed by atoms with Crippen molar-refractivity contribution in [2.24, 2.45) is 5.92 Å². The molecule has 0 spiro atoms. The second-order valence-corrected chi connectivity index (χ2v) is 6.02. The van der Waals surface area contributed by atoms with E-state index in [4.69, 9.17) is 4.52 Å². The summed E-state index contributed by atoms with van der Waals surface area (Å²) in [5, 5.41) is 13.2. The van der Waals surface area contributed by atoms with Crippen molar-refractivity contribution in [1.82, 2.24) is 15.0 Å². The van der Waals surface area contributed by atoms with Crippen LogP contribution < -0.4 is 0 Å². The zero-order chi connectivity index (χ0) is 18.0. The Hall–Kier alpha value is -2.77. The number of likely N-dealkylation sites (tertiary alicyclic amines) is 1. The summed E-state index contributed by atoms with van der Waals surface area (Å²) in [5.74, 6) is -1.79. The van der Waals surface area contributed by atoms with E-state index < -0.39 is 23.7 Å². The number of nitrogens with zero attached hydrogens (tertiary/aromatic N) is 3. The topological polar surface area (TPSA) is 96.5 Å². The van der Waals surface area contributed by atoms with Crippen molar-refractivity contribution in [3.8, 4) is 0 Å². The predicted octanol–water partition coefficient (Wildman–Crippen LogP) is 2.12. The summed E-state index contributed by atoms with van der Waals surface area (Å²) >= 11 is 0. The van der Waals surface area contributed by atoms with Crippen LogP contribution in [-0.4, -0.2) is 38.6 Å². The molecule has 2 atom stereocenters. The second-order valence-electron chi connectivity index (χ2n) is 6.02. The van der Waals surface area contributed by atoms with Crippen LogP contribution in [0.2, 0.25) is 0 Å². The number of aromatic nitrogens is 2. The molecule has 0 saturated carbocycles. The second kappa shape index (κ2) is 7.00. The molecule has 0 aliphatic carbocycles. The van der Waals surface area contributed by atoms with Crippen molar-refractivity contribution in [2.75, 3.05) is 6.54 Å². The molecule has 1 fully saturated rings. The van der Waals surface area contributed by atoms with E-state index in [1.807, 2.05) is 0 Å². The van der Waals surface area contributed by atoms with Gasteiger partial charge in [0, 0.05) is 24.9 Å². The molecule has 7 nitrogen and oxygen atoms in total. The Labute approximate surface area is 143 Å². The summed E-state index contributed by atoms with van der Waals surface area (Å²) in [7, 11) is 0. The Morgan fingerprint density at radius 2 is 2.20 bits per heavy atom. The smallest absolute Gasteiger partial charge is 0.308 e. The van der Waals surface area contributed by atoms with E-state index in [1.54, 1.807) is 13.0 Å². The van der Waals surface area contributed by atoms with E-state index in [-0.39, 0.29) is 37.3 Å². The van der Waals surface area contributed by atoms with Gasteiger partial charge in [0.25, 0.3) is 0 Å². The van der Waals surface area contributed by atoms with Gasteiger partial charge in [-0.3, -0.25) is 9.59 Å². The lowest BCUT2D eigenvalue weighted by molar-refractivity contribution is -0.152. The normalized spacial score (nSPS) is 20.7. The highest BCUT2D eigenvalue weighted by Gasteiger charge is 2.41. The van der Waals surface area contributed by atoms with E-state index in [2.05, 4.69) is 10.1 Å². The Kier molecular flexibility index (Phi) is 4.78. The minimum Gasteiger partial charge on any atom is -0.481 e. The molecule has 0 radical (unpaired) electrons. The van der Waals surface area contributed by atoms with E-state index in [0.29, 0.717) is 11.7 Å². The lowest BCUT2D eigenvalue weighted by atomic mass is 9.84. The first-order valence-electron chi connectivity index (χ1n) is 8.03. The van der Waals surface area contributed by atoms with Gasteiger partial charge in [0.05, 0.1) is 12.0 Å². The minimum atomic E-state index is -1.04. The zero-order valence-electron chi connectivity index (χ0n) is 13.7. The van der Waals surface area contributed by atoms with Gasteiger partial charge in [0.2, 0.25) is 11.8 Å². The molecule has 1 aromatic carbocycles. The first-order chi connectivity index (χ1) is 12.0. The van der Waals surface area contributed by atoms with Gasteiger partial charge in [-0.25, -0.2) is 4.39 Å². The Morgan fingerprint density at radius 3 is 2.84 bits per heavy atom. The van der Waals surface area contributed by atoms with Gasteiger partial charge in [-0.05, 0) is 19.4 Å². The lowest BCUT2D eigenvalue weighted by Crippen LogP contribution is -2.46. The highest BCUT2D eigenvalue weighted by Crippen LogP contribution is 2.38. The van der Waals surface area contributed by atoms with Crippen molar-refractivity contribution in [1.29, 1.82) is 0 Å². The van der Waals surface area contributed by atoms with E-state index in [1.165, 1.54) is 23.1 Å². The molecule has 25 heavy (non-hydrogen) atoms. The highest BCUT2D eigenvalue weighted by molar-refractivity contribution is 5.81. The van der Waals surface area contributed by atoms with Gasteiger partial charge < -0.3 is 14.5 Å². The van der Waals surface area contributed by atoms with Crippen molar-refractivity contribution in [3.63, 3.8) is 0 Å². The van der Waals surface area contributed by atoms with Crippen LogP contribution in [0.1, 0.15) is 36.2 Å². The summed E-state index contributed by atoms with van der Waals surface area (Å²) in [4.78, 5) is 29.6. The lowest BCUT2D eigenvalue weighted by Gasteiger charge is -2.39. The molecule has 1 amide bonds. The summed E-state index contributed by atoms with van der Waals surface area (Å²) in [6.45, 7) is 1.87. The molecule has 1 saturated heterocycles. The maximum Gasteiger partial charge on any atom is 0.308 e. The first kappa shape index (κ1) is 17.1. The highest BCUT2D eigenvalue weighted by atomic mass is 19.1. The number of carboxylic acids is 1. The number of piperidine rings is 1. The quantitative estimate of drug-likeness (QED) is 0.890. The maximum absolute atomic E-state index is 14.3. The van der Waals surface area contributed by atoms with Gasteiger partial charge >= 0.3 is 5.97 Å². The summed E-state index contributed by atoms with van der Waals surface area (Å²) in [5.41, 5.74) is 0.213. The van der Waals surface area contributed by atoms with Gasteiger partial charge in [-0.1, -0.05) is 23.4 Å². The minimum absolute atomic E-state index is 0.116. The van der Waals surface area contributed by atoms with Gasteiger partial charge in [-0.15, -0.1) is 0 Å². The number of benzene rings is 1. The number of carbonyl (C=O) groups is 2. The van der Waals surface area contributed by atoms with Crippen molar-refractivity contribution < 1.29 is 23.6 Å². The number of aliphatic carboxylic acids is 1. The number of carboxylic acid groups (broad SMARTS) is 1. The number of amides is 1. The summed E-state index contributed by atoms with van der Waals surface area (Å²) < 4.78 is 19.3. The SMILES string of the molecule is Cc1noc(CCN2C(=O)CCC(C(=O)O)C2c2ccccc2F)n1. The number of rotatable bonds is 5. The number of hydrogen-bond donors (Lipinski definition) is 1. The molecule has 132 valence electrons.